The van der Waals surface area contributed by atoms with Crippen LogP contribution in [0.25, 0.3) is 0 Å². The molecule has 2 atom stereocenters. The third-order valence-electron chi connectivity index (χ3n) is 4.36. The SMILES string of the molecule is COC(=O)c1ccccc1N1C(=O)[C@@H]2C[C@@H](C)CCN2C1=O. The van der Waals surface area contributed by atoms with Crippen LogP contribution >= 0.6 is 0 Å². The van der Waals surface area contributed by atoms with Gasteiger partial charge in [-0.3, -0.25) is 4.79 Å². The molecule has 2 heterocycles. The second-order valence-electron chi connectivity index (χ2n) is 5.80. The van der Waals surface area contributed by atoms with Gasteiger partial charge in [-0.1, -0.05) is 19.1 Å². The molecule has 3 rings (SSSR count). The normalized spacial score (nSPS) is 24.5. The van der Waals surface area contributed by atoms with E-state index in [9.17, 15) is 14.4 Å². The van der Waals surface area contributed by atoms with Gasteiger partial charge < -0.3 is 9.64 Å². The van der Waals surface area contributed by atoms with Crippen LogP contribution in [0.15, 0.2) is 24.3 Å². The van der Waals surface area contributed by atoms with Gasteiger partial charge in [0.2, 0.25) is 0 Å². The lowest BCUT2D eigenvalue weighted by Crippen LogP contribution is -2.41. The Kier molecular flexibility index (Phi) is 3.60. The summed E-state index contributed by atoms with van der Waals surface area (Å²) in [5.74, 6) is -0.406. The Hall–Kier alpha value is -2.37. The van der Waals surface area contributed by atoms with E-state index in [4.69, 9.17) is 4.74 Å². The van der Waals surface area contributed by atoms with Crippen LogP contribution in [0.4, 0.5) is 10.5 Å². The summed E-state index contributed by atoms with van der Waals surface area (Å²) in [5, 5.41) is 0. The van der Waals surface area contributed by atoms with E-state index in [1.165, 1.54) is 7.11 Å². The highest BCUT2D eigenvalue weighted by Crippen LogP contribution is 2.34. The zero-order chi connectivity index (χ0) is 15.9. The number of nitrogens with zero attached hydrogens (tertiary/aromatic N) is 2. The molecule has 3 amide bonds. The molecule has 2 aliphatic heterocycles. The molecule has 0 saturated carbocycles. The minimum atomic E-state index is -0.561. The van der Waals surface area contributed by atoms with E-state index in [1.54, 1.807) is 29.2 Å². The largest absolute Gasteiger partial charge is 0.465 e. The van der Waals surface area contributed by atoms with Crippen LogP contribution in [0, 0.1) is 5.92 Å². The number of para-hydroxylation sites is 1. The monoisotopic (exact) mass is 302 g/mol. The first-order chi connectivity index (χ1) is 10.5. The van der Waals surface area contributed by atoms with E-state index in [1.807, 2.05) is 0 Å². The van der Waals surface area contributed by atoms with E-state index in [2.05, 4.69) is 6.92 Å². The molecular formula is C16H18N2O4. The summed E-state index contributed by atoms with van der Waals surface area (Å²) >= 11 is 0. The molecule has 0 unspecified atom stereocenters. The van der Waals surface area contributed by atoms with Gasteiger partial charge in [0.15, 0.2) is 0 Å². The van der Waals surface area contributed by atoms with E-state index < -0.39 is 12.0 Å². The van der Waals surface area contributed by atoms with Gasteiger partial charge >= 0.3 is 12.0 Å². The average molecular weight is 302 g/mol. The smallest absolute Gasteiger partial charge is 0.339 e. The number of hydrogen-bond donors (Lipinski definition) is 0. The number of urea groups is 1. The van der Waals surface area contributed by atoms with Gasteiger partial charge in [-0.15, -0.1) is 0 Å². The number of piperidine rings is 1. The Morgan fingerprint density at radius 3 is 2.73 bits per heavy atom. The van der Waals surface area contributed by atoms with Gasteiger partial charge in [-0.2, -0.15) is 0 Å². The van der Waals surface area contributed by atoms with Gasteiger partial charge in [0.25, 0.3) is 5.91 Å². The molecule has 22 heavy (non-hydrogen) atoms. The van der Waals surface area contributed by atoms with E-state index in [0.29, 0.717) is 24.6 Å². The fourth-order valence-electron chi connectivity index (χ4n) is 3.15. The number of rotatable bonds is 2. The zero-order valence-corrected chi connectivity index (χ0v) is 12.6. The van der Waals surface area contributed by atoms with Crippen molar-refractivity contribution in [2.75, 3.05) is 18.6 Å². The van der Waals surface area contributed by atoms with Gasteiger partial charge in [-0.25, -0.2) is 14.5 Å². The number of anilines is 1. The first kappa shape index (κ1) is 14.6. The number of carbonyl (C=O) groups excluding carboxylic acids is 3. The van der Waals surface area contributed by atoms with Crippen LogP contribution in [-0.4, -0.2) is 42.5 Å². The number of imide groups is 1. The summed E-state index contributed by atoms with van der Waals surface area (Å²) in [6.07, 6.45) is 1.56. The van der Waals surface area contributed by atoms with Gasteiger partial charge in [-0.05, 0) is 30.9 Å². The van der Waals surface area contributed by atoms with Crippen molar-refractivity contribution in [2.24, 2.45) is 5.92 Å². The molecule has 2 fully saturated rings. The molecule has 6 heteroatoms. The fourth-order valence-corrected chi connectivity index (χ4v) is 3.15. The molecule has 1 aromatic carbocycles. The Balaban J connectivity index is 2.01. The highest BCUT2D eigenvalue weighted by molar-refractivity contribution is 6.23. The summed E-state index contributed by atoms with van der Waals surface area (Å²) in [6, 6.07) is 5.77. The molecule has 0 radical (unpaired) electrons. The average Bonchev–Trinajstić information content (AvgIpc) is 2.77. The molecule has 0 spiro atoms. The maximum atomic E-state index is 12.7. The topological polar surface area (TPSA) is 66.9 Å². The number of methoxy groups -OCH3 is 1. The lowest BCUT2D eigenvalue weighted by Gasteiger charge is -2.30. The van der Waals surface area contributed by atoms with Crippen molar-refractivity contribution in [1.29, 1.82) is 0 Å². The molecule has 0 bridgehead atoms. The Morgan fingerprint density at radius 2 is 2.00 bits per heavy atom. The molecule has 116 valence electrons. The summed E-state index contributed by atoms with van der Waals surface area (Å²) in [5.41, 5.74) is 0.519. The molecular weight excluding hydrogens is 284 g/mol. The Morgan fingerprint density at radius 1 is 1.27 bits per heavy atom. The van der Waals surface area contributed by atoms with Crippen LogP contribution in [0.3, 0.4) is 0 Å². The van der Waals surface area contributed by atoms with Crippen molar-refractivity contribution >= 4 is 23.6 Å². The van der Waals surface area contributed by atoms with Crippen molar-refractivity contribution in [3.8, 4) is 0 Å². The summed E-state index contributed by atoms with van der Waals surface area (Å²) in [6.45, 7) is 2.66. The van der Waals surface area contributed by atoms with Crippen LogP contribution in [0.5, 0.6) is 0 Å². The molecule has 6 nitrogen and oxygen atoms in total. The number of ether oxygens (including phenoxy) is 1. The third kappa shape index (κ3) is 2.15. The number of benzene rings is 1. The van der Waals surface area contributed by atoms with Gasteiger partial charge in [0, 0.05) is 6.54 Å². The lowest BCUT2D eigenvalue weighted by molar-refractivity contribution is -0.120. The predicted molar refractivity (Wildman–Crippen MR) is 79.6 cm³/mol. The molecule has 2 aliphatic rings. The van der Waals surface area contributed by atoms with Crippen molar-refractivity contribution < 1.29 is 19.1 Å². The Bertz CT molecular complexity index is 643. The second-order valence-corrected chi connectivity index (χ2v) is 5.80. The van der Waals surface area contributed by atoms with Crippen molar-refractivity contribution in [1.82, 2.24) is 4.90 Å². The van der Waals surface area contributed by atoms with Crippen LogP contribution < -0.4 is 4.90 Å². The number of carbonyl (C=O) groups is 3. The second kappa shape index (κ2) is 5.44. The van der Waals surface area contributed by atoms with Crippen molar-refractivity contribution in [2.45, 2.75) is 25.8 Å². The number of esters is 1. The fraction of sp³-hybridized carbons (Fsp3) is 0.438. The summed E-state index contributed by atoms with van der Waals surface area (Å²) in [7, 11) is 1.28. The zero-order valence-electron chi connectivity index (χ0n) is 12.6. The maximum Gasteiger partial charge on any atom is 0.339 e. The maximum absolute atomic E-state index is 12.7. The molecule has 0 aromatic heterocycles. The van der Waals surface area contributed by atoms with E-state index in [0.717, 1.165) is 11.3 Å². The van der Waals surface area contributed by atoms with Crippen molar-refractivity contribution in [3.63, 3.8) is 0 Å². The first-order valence-electron chi connectivity index (χ1n) is 7.36. The Labute approximate surface area is 128 Å². The van der Waals surface area contributed by atoms with Crippen LogP contribution in [0.2, 0.25) is 0 Å². The quantitative estimate of drug-likeness (QED) is 0.619. The number of fused-ring (bicyclic) bond motifs is 1. The predicted octanol–water partition coefficient (Wildman–Crippen LogP) is 2.04. The molecule has 2 saturated heterocycles. The first-order valence-corrected chi connectivity index (χ1v) is 7.36. The van der Waals surface area contributed by atoms with Gasteiger partial charge in [0.1, 0.15) is 6.04 Å². The lowest BCUT2D eigenvalue weighted by atomic mass is 9.93. The minimum absolute atomic E-state index is 0.222. The van der Waals surface area contributed by atoms with Crippen LogP contribution in [0.1, 0.15) is 30.1 Å². The molecule has 0 N–H and O–H groups in total. The standard InChI is InChI=1S/C16H18N2O4/c1-10-7-8-17-13(9-10)14(19)18(16(17)21)12-6-4-3-5-11(12)15(20)22-2/h3-6,10,13H,7-9H2,1-2H3/t10-,13-/m0/s1. The number of amides is 3. The van der Waals surface area contributed by atoms with E-state index >= 15 is 0 Å². The number of hydrogen-bond acceptors (Lipinski definition) is 4. The van der Waals surface area contributed by atoms with Gasteiger partial charge in [0.05, 0.1) is 18.4 Å². The highest BCUT2D eigenvalue weighted by Gasteiger charge is 2.48. The minimum Gasteiger partial charge on any atom is -0.465 e. The van der Waals surface area contributed by atoms with E-state index in [-0.39, 0.29) is 17.5 Å². The summed E-state index contributed by atoms with van der Waals surface area (Å²) in [4.78, 5) is 39.9. The van der Waals surface area contributed by atoms with Crippen LogP contribution in [-0.2, 0) is 9.53 Å². The molecule has 0 aliphatic carbocycles. The summed E-state index contributed by atoms with van der Waals surface area (Å²) < 4.78 is 4.74. The highest BCUT2D eigenvalue weighted by atomic mass is 16.5. The van der Waals surface area contributed by atoms with Crippen molar-refractivity contribution in [3.05, 3.63) is 29.8 Å². The molecule has 1 aromatic rings. The third-order valence-corrected chi connectivity index (χ3v) is 4.36.